The molecule has 164 valence electrons. The minimum absolute atomic E-state index is 0.0374. The molecule has 1 aliphatic rings. The molecule has 1 fully saturated rings. The molecule has 1 atom stereocenters. The number of anilines is 2. The fourth-order valence-corrected chi connectivity index (χ4v) is 3.74. The molecule has 0 aliphatic carbocycles. The number of carbonyl (C=O) groups excluding carboxylic acids is 2. The van der Waals surface area contributed by atoms with Gasteiger partial charge >= 0.3 is 0 Å². The Balaban J connectivity index is 1.40. The van der Waals surface area contributed by atoms with Crippen LogP contribution in [0.1, 0.15) is 23.2 Å². The van der Waals surface area contributed by atoms with Gasteiger partial charge in [0.25, 0.3) is 5.91 Å². The summed E-state index contributed by atoms with van der Waals surface area (Å²) in [4.78, 5) is 35.2. The highest BCUT2D eigenvalue weighted by atomic mass is 16.5. The molecule has 0 saturated carbocycles. The molecule has 0 unspecified atom stereocenters. The van der Waals surface area contributed by atoms with Crippen molar-refractivity contribution < 1.29 is 14.3 Å². The van der Waals surface area contributed by atoms with Crippen LogP contribution in [0.3, 0.4) is 0 Å². The first-order valence-electron chi connectivity index (χ1n) is 10.5. The number of methoxy groups -OCH3 is 1. The van der Waals surface area contributed by atoms with Gasteiger partial charge in [0.2, 0.25) is 11.9 Å². The molecule has 1 saturated heterocycles. The van der Waals surface area contributed by atoms with Gasteiger partial charge in [0.05, 0.1) is 12.6 Å². The molecule has 2 aromatic carbocycles. The molecule has 2 heterocycles. The summed E-state index contributed by atoms with van der Waals surface area (Å²) in [6.45, 7) is 4.70. The van der Waals surface area contributed by atoms with E-state index in [0.29, 0.717) is 30.3 Å². The molecule has 2 N–H and O–H groups in total. The van der Waals surface area contributed by atoms with Gasteiger partial charge in [0.15, 0.2) is 0 Å². The number of carbonyl (C=O) groups is 2. The normalized spacial score (nSPS) is 15.8. The monoisotopic (exact) mass is 431 g/mol. The van der Waals surface area contributed by atoms with E-state index in [1.54, 1.807) is 37.6 Å². The number of fused-ring (bicyclic) bond motifs is 1. The zero-order valence-electron chi connectivity index (χ0n) is 17.9. The van der Waals surface area contributed by atoms with Gasteiger partial charge in [0.1, 0.15) is 5.75 Å². The topological polar surface area (TPSA) is 96.5 Å². The Bertz CT molecular complexity index is 1150. The highest BCUT2D eigenvalue weighted by Gasteiger charge is 2.25. The Morgan fingerprint density at radius 1 is 1.22 bits per heavy atom. The van der Waals surface area contributed by atoms with Gasteiger partial charge in [-0.05, 0) is 61.4 Å². The van der Waals surface area contributed by atoms with E-state index in [1.165, 1.54) is 6.08 Å². The third-order valence-electron chi connectivity index (χ3n) is 5.41. The number of ether oxygens (including phenoxy) is 1. The number of aromatic nitrogens is 2. The Morgan fingerprint density at radius 3 is 2.78 bits per heavy atom. The molecule has 4 rings (SSSR count). The van der Waals surface area contributed by atoms with Crippen molar-refractivity contribution in [2.24, 2.45) is 0 Å². The molecular formula is C24H25N5O3. The zero-order chi connectivity index (χ0) is 22.5. The first-order valence-corrected chi connectivity index (χ1v) is 10.5. The van der Waals surface area contributed by atoms with Gasteiger partial charge in [-0.2, -0.15) is 0 Å². The summed E-state index contributed by atoms with van der Waals surface area (Å²) in [5.41, 5.74) is 2.03. The van der Waals surface area contributed by atoms with Crippen molar-refractivity contribution in [2.75, 3.05) is 30.8 Å². The van der Waals surface area contributed by atoms with Crippen molar-refractivity contribution in [2.45, 2.75) is 18.9 Å². The number of likely N-dealkylation sites (tertiary alicyclic amines) is 1. The minimum Gasteiger partial charge on any atom is -0.497 e. The van der Waals surface area contributed by atoms with E-state index in [-0.39, 0.29) is 17.9 Å². The van der Waals surface area contributed by atoms with Crippen molar-refractivity contribution in [1.29, 1.82) is 0 Å². The number of amides is 2. The summed E-state index contributed by atoms with van der Waals surface area (Å²) in [5.74, 6) is 0.984. The van der Waals surface area contributed by atoms with Gasteiger partial charge in [-0.25, -0.2) is 9.97 Å². The minimum atomic E-state index is -0.288. The molecule has 1 aromatic heterocycles. The maximum Gasteiger partial charge on any atom is 0.253 e. The number of nitrogens with zero attached hydrogens (tertiary/aromatic N) is 3. The van der Waals surface area contributed by atoms with Gasteiger partial charge in [-0.3, -0.25) is 9.59 Å². The summed E-state index contributed by atoms with van der Waals surface area (Å²) >= 11 is 0. The van der Waals surface area contributed by atoms with Crippen LogP contribution in [0.25, 0.3) is 10.9 Å². The first-order chi connectivity index (χ1) is 15.6. The first kappa shape index (κ1) is 21.3. The molecule has 0 radical (unpaired) electrons. The average molecular weight is 431 g/mol. The van der Waals surface area contributed by atoms with Crippen molar-refractivity contribution >= 4 is 34.4 Å². The highest BCUT2D eigenvalue weighted by Crippen LogP contribution is 2.21. The SMILES string of the molecule is C=CC(=O)Nc1ccc(C(=O)N2CCC[C@H](Nc3ncc4cc(OC)ccc4n3)C2)cc1. The van der Waals surface area contributed by atoms with Crippen LogP contribution in [0.2, 0.25) is 0 Å². The Kier molecular flexibility index (Phi) is 6.30. The van der Waals surface area contributed by atoms with Crippen LogP contribution < -0.4 is 15.4 Å². The summed E-state index contributed by atoms with van der Waals surface area (Å²) < 4.78 is 5.24. The van der Waals surface area contributed by atoms with Crippen LogP contribution in [0.4, 0.5) is 11.6 Å². The van der Waals surface area contributed by atoms with Crippen molar-refractivity contribution in [3.8, 4) is 5.75 Å². The van der Waals surface area contributed by atoms with E-state index in [4.69, 9.17) is 4.74 Å². The second-order valence-corrected chi connectivity index (χ2v) is 7.62. The van der Waals surface area contributed by atoms with Crippen LogP contribution in [0, 0.1) is 0 Å². The molecule has 8 nitrogen and oxygen atoms in total. The molecule has 2 amide bonds. The lowest BCUT2D eigenvalue weighted by molar-refractivity contribution is -0.111. The lowest BCUT2D eigenvalue weighted by atomic mass is 10.0. The summed E-state index contributed by atoms with van der Waals surface area (Å²) in [6, 6.07) is 12.6. The van der Waals surface area contributed by atoms with Crippen molar-refractivity contribution in [1.82, 2.24) is 14.9 Å². The third-order valence-corrected chi connectivity index (χ3v) is 5.41. The number of rotatable bonds is 6. The van der Waals surface area contributed by atoms with Crippen LogP contribution in [-0.2, 0) is 4.79 Å². The van der Waals surface area contributed by atoms with Gasteiger partial charge in [0, 0.05) is 42.0 Å². The molecule has 0 spiro atoms. The maximum absolute atomic E-state index is 13.0. The number of hydrogen-bond acceptors (Lipinski definition) is 6. The van der Waals surface area contributed by atoms with E-state index in [1.807, 2.05) is 23.1 Å². The fourth-order valence-electron chi connectivity index (χ4n) is 3.74. The Morgan fingerprint density at radius 2 is 2.03 bits per heavy atom. The van der Waals surface area contributed by atoms with E-state index in [2.05, 4.69) is 27.2 Å². The molecule has 1 aliphatic heterocycles. The standard InChI is InChI=1S/C24H25N5O3/c1-3-22(30)26-18-8-6-16(7-9-18)23(31)29-12-4-5-19(15-29)27-24-25-14-17-13-20(32-2)10-11-21(17)28-24/h3,6-11,13-14,19H,1,4-5,12,15H2,2H3,(H,26,30)(H,25,27,28)/t19-/m0/s1. The van der Waals surface area contributed by atoms with Crippen LogP contribution in [0.15, 0.2) is 61.3 Å². The second-order valence-electron chi connectivity index (χ2n) is 7.62. The average Bonchev–Trinajstić information content (AvgIpc) is 2.83. The summed E-state index contributed by atoms with van der Waals surface area (Å²) in [6.07, 6.45) is 4.80. The molecule has 32 heavy (non-hydrogen) atoms. The number of benzene rings is 2. The predicted molar refractivity (Wildman–Crippen MR) is 124 cm³/mol. The number of nitrogens with one attached hydrogen (secondary N) is 2. The number of hydrogen-bond donors (Lipinski definition) is 2. The predicted octanol–water partition coefficient (Wildman–Crippen LogP) is 3.48. The van der Waals surface area contributed by atoms with Gasteiger partial charge in [-0.1, -0.05) is 6.58 Å². The van der Waals surface area contributed by atoms with Crippen molar-refractivity contribution in [3.05, 3.63) is 66.9 Å². The van der Waals surface area contributed by atoms with Crippen molar-refractivity contribution in [3.63, 3.8) is 0 Å². The largest absolute Gasteiger partial charge is 0.497 e. The maximum atomic E-state index is 13.0. The van der Waals surface area contributed by atoms with Gasteiger partial charge < -0.3 is 20.3 Å². The smallest absolute Gasteiger partial charge is 0.253 e. The summed E-state index contributed by atoms with van der Waals surface area (Å²) in [5, 5.41) is 6.95. The Labute approximate surface area is 186 Å². The fraction of sp³-hybridized carbons (Fsp3) is 0.250. The van der Waals surface area contributed by atoms with Gasteiger partial charge in [-0.15, -0.1) is 0 Å². The van der Waals surface area contributed by atoms with E-state index >= 15 is 0 Å². The highest BCUT2D eigenvalue weighted by molar-refractivity contribution is 5.99. The number of piperidine rings is 1. The lowest BCUT2D eigenvalue weighted by Gasteiger charge is -2.33. The molecule has 3 aromatic rings. The summed E-state index contributed by atoms with van der Waals surface area (Å²) in [7, 11) is 1.63. The van der Waals surface area contributed by atoms with Crippen LogP contribution in [-0.4, -0.2) is 52.9 Å². The van der Waals surface area contributed by atoms with E-state index in [9.17, 15) is 9.59 Å². The van der Waals surface area contributed by atoms with E-state index < -0.39 is 0 Å². The van der Waals surface area contributed by atoms with Crippen LogP contribution >= 0.6 is 0 Å². The molecule has 0 bridgehead atoms. The molecular weight excluding hydrogens is 406 g/mol. The molecule has 8 heteroatoms. The van der Waals surface area contributed by atoms with E-state index in [0.717, 1.165) is 29.5 Å². The lowest BCUT2D eigenvalue weighted by Crippen LogP contribution is -2.45. The van der Waals surface area contributed by atoms with Crippen LogP contribution in [0.5, 0.6) is 5.75 Å². The third kappa shape index (κ3) is 4.85. The quantitative estimate of drug-likeness (QED) is 0.580. The zero-order valence-corrected chi connectivity index (χ0v) is 17.9. The Hall–Kier alpha value is -3.94. The second kappa shape index (κ2) is 9.47.